The second-order valence-electron chi connectivity index (χ2n) is 4.85. The molecule has 1 heterocycles. The number of benzene rings is 2. The maximum absolute atomic E-state index is 12.6. The molecule has 0 aromatic heterocycles. The van der Waals surface area contributed by atoms with E-state index in [0.29, 0.717) is 16.7 Å². The molecule has 0 radical (unpaired) electrons. The van der Waals surface area contributed by atoms with E-state index >= 15 is 0 Å². The average Bonchev–Trinajstić information content (AvgIpc) is 2.52. The van der Waals surface area contributed by atoms with Crippen molar-refractivity contribution in [1.29, 1.82) is 5.26 Å². The minimum Gasteiger partial charge on any atom is -0.274 e. The standard InChI is InChI=1S/C17H12N2O2/c18-11-15(12-6-2-1-3-7-12)19-16(20)10-13-8-4-5-9-14(13)17(19)21/h1-9,15H,10H2. The molecule has 0 bridgehead atoms. The molecule has 1 aliphatic heterocycles. The van der Waals surface area contributed by atoms with E-state index in [1.54, 1.807) is 48.5 Å². The van der Waals surface area contributed by atoms with Gasteiger partial charge in [0.25, 0.3) is 5.91 Å². The van der Waals surface area contributed by atoms with Crippen molar-refractivity contribution in [3.8, 4) is 6.07 Å². The van der Waals surface area contributed by atoms with Crippen LogP contribution < -0.4 is 0 Å². The predicted octanol–water partition coefficient (Wildman–Crippen LogP) is 2.48. The minimum absolute atomic E-state index is 0.146. The fourth-order valence-corrected chi connectivity index (χ4v) is 2.55. The molecule has 0 saturated carbocycles. The highest BCUT2D eigenvalue weighted by atomic mass is 16.2. The molecule has 3 rings (SSSR count). The van der Waals surface area contributed by atoms with Crippen molar-refractivity contribution in [3.05, 3.63) is 71.3 Å². The van der Waals surface area contributed by atoms with Crippen LogP contribution in [0.4, 0.5) is 0 Å². The van der Waals surface area contributed by atoms with Crippen LogP contribution in [-0.2, 0) is 11.2 Å². The number of nitriles is 1. The number of fused-ring (bicyclic) bond motifs is 1. The second kappa shape index (κ2) is 5.22. The number of carbonyl (C=O) groups excluding carboxylic acids is 2. The summed E-state index contributed by atoms with van der Waals surface area (Å²) in [5.74, 6) is -0.744. The summed E-state index contributed by atoms with van der Waals surface area (Å²) < 4.78 is 0. The second-order valence-corrected chi connectivity index (χ2v) is 4.85. The lowest BCUT2D eigenvalue weighted by atomic mass is 9.95. The number of amides is 2. The van der Waals surface area contributed by atoms with Crippen LogP contribution in [0.5, 0.6) is 0 Å². The zero-order chi connectivity index (χ0) is 14.8. The van der Waals surface area contributed by atoms with Gasteiger partial charge in [-0.05, 0) is 17.2 Å². The van der Waals surface area contributed by atoms with Crippen molar-refractivity contribution in [2.24, 2.45) is 0 Å². The molecule has 0 aliphatic carbocycles. The molecule has 0 fully saturated rings. The van der Waals surface area contributed by atoms with E-state index in [1.165, 1.54) is 0 Å². The Morgan fingerprint density at radius 1 is 1.00 bits per heavy atom. The van der Waals surface area contributed by atoms with E-state index in [2.05, 4.69) is 6.07 Å². The predicted molar refractivity (Wildman–Crippen MR) is 76.1 cm³/mol. The van der Waals surface area contributed by atoms with Gasteiger partial charge >= 0.3 is 0 Å². The Balaban J connectivity index is 2.05. The molecule has 1 unspecified atom stereocenters. The van der Waals surface area contributed by atoms with Gasteiger partial charge in [0, 0.05) is 5.56 Å². The van der Waals surface area contributed by atoms with Crippen molar-refractivity contribution in [2.45, 2.75) is 12.5 Å². The van der Waals surface area contributed by atoms with Gasteiger partial charge in [-0.25, -0.2) is 0 Å². The topological polar surface area (TPSA) is 61.2 Å². The highest BCUT2D eigenvalue weighted by molar-refractivity contribution is 6.10. The molecule has 4 nitrogen and oxygen atoms in total. The largest absolute Gasteiger partial charge is 0.274 e. The average molecular weight is 276 g/mol. The first-order chi connectivity index (χ1) is 10.2. The van der Waals surface area contributed by atoms with Gasteiger partial charge in [-0.2, -0.15) is 5.26 Å². The summed E-state index contributed by atoms with van der Waals surface area (Å²) in [6, 6.07) is 17.1. The lowest BCUT2D eigenvalue weighted by molar-refractivity contribution is -0.129. The number of hydrogen-bond donors (Lipinski definition) is 0. The lowest BCUT2D eigenvalue weighted by Gasteiger charge is -2.30. The Morgan fingerprint density at radius 3 is 2.38 bits per heavy atom. The summed E-state index contributed by atoms with van der Waals surface area (Å²) in [7, 11) is 0. The molecule has 2 amide bonds. The summed E-state index contributed by atoms with van der Waals surface area (Å²) in [4.78, 5) is 25.9. The normalized spacial score (nSPS) is 15.3. The first-order valence-electron chi connectivity index (χ1n) is 6.61. The molecule has 0 N–H and O–H groups in total. The van der Waals surface area contributed by atoms with Crippen LogP contribution in [-0.4, -0.2) is 16.7 Å². The molecule has 0 spiro atoms. The van der Waals surface area contributed by atoms with Gasteiger partial charge in [-0.3, -0.25) is 14.5 Å². The maximum atomic E-state index is 12.6. The van der Waals surface area contributed by atoms with Crippen LogP contribution in [0, 0.1) is 11.3 Å². The lowest BCUT2D eigenvalue weighted by Crippen LogP contribution is -2.44. The molecule has 1 atom stereocenters. The third-order valence-corrected chi connectivity index (χ3v) is 3.57. The highest BCUT2D eigenvalue weighted by Crippen LogP contribution is 2.28. The van der Waals surface area contributed by atoms with Crippen LogP contribution >= 0.6 is 0 Å². The van der Waals surface area contributed by atoms with E-state index in [-0.39, 0.29) is 12.3 Å². The monoisotopic (exact) mass is 276 g/mol. The molecule has 2 aromatic carbocycles. The first kappa shape index (κ1) is 13.1. The zero-order valence-corrected chi connectivity index (χ0v) is 11.2. The third-order valence-electron chi connectivity index (χ3n) is 3.57. The van der Waals surface area contributed by atoms with Crippen molar-refractivity contribution < 1.29 is 9.59 Å². The Hall–Kier alpha value is -2.93. The minimum atomic E-state index is -0.889. The van der Waals surface area contributed by atoms with Gasteiger partial charge in [-0.15, -0.1) is 0 Å². The van der Waals surface area contributed by atoms with E-state index < -0.39 is 11.9 Å². The summed E-state index contributed by atoms with van der Waals surface area (Å²) in [6.45, 7) is 0. The number of imide groups is 1. The highest BCUT2D eigenvalue weighted by Gasteiger charge is 2.36. The van der Waals surface area contributed by atoms with Gasteiger partial charge in [0.2, 0.25) is 5.91 Å². The molecule has 0 saturated heterocycles. The number of hydrogen-bond acceptors (Lipinski definition) is 3. The Labute approximate surface area is 122 Å². The maximum Gasteiger partial charge on any atom is 0.262 e. The van der Waals surface area contributed by atoms with Gasteiger partial charge in [0.1, 0.15) is 0 Å². The van der Waals surface area contributed by atoms with E-state index in [1.807, 2.05) is 6.07 Å². The molecular weight excluding hydrogens is 264 g/mol. The van der Waals surface area contributed by atoms with Crippen LogP contribution in [0.15, 0.2) is 54.6 Å². The van der Waals surface area contributed by atoms with Crippen molar-refractivity contribution in [2.75, 3.05) is 0 Å². The number of carbonyl (C=O) groups is 2. The van der Waals surface area contributed by atoms with E-state index in [0.717, 1.165) is 4.90 Å². The zero-order valence-electron chi connectivity index (χ0n) is 11.2. The smallest absolute Gasteiger partial charge is 0.262 e. The Morgan fingerprint density at radius 2 is 1.67 bits per heavy atom. The molecule has 21 heavy (non-hydrogen) atoms. The Kier molecular flexibility index (Phi) is 3.25. The number of nitrogens with zero attached hydrogens (tertiary/aromatic N) is 2. The fourth-order valence-electron chi connectivity index (χ4n) is 2.55. The number of rotatable bonds is 2. The molecule has 1 aliphatic rings. The van der Waals surface area contributed by atoms with Crippen molar-refractivity contribution in [3.63, 3.8) is 0 Å². The van der Waals surface area contributed by atoms with Crippen LogP contribution in [0.3, 0.4) is 0 Å². The van der Waals surface area contributed by atoms with Gasteiger partial charge in [-0.1, -0.05) is 48.5 Å². The van der Waals surface area contributed by atoms with Crippen molar-refractivity contribution in [1.82, 2.24) is 4.90 Å². The fraction of sp³-hybridized carbons (Fsp3) is 0.118. The van der Waals surface area contributed by atoms with Gasteiger partial charge in [0.05, 0.1) is 12.5 Å². The van der Waals surface area contributed by atoms with Crippen LogP contribution in [0.25, 0.3) is 0 Å². The van der Waals surface area contributed by atoms with Crippen LogP contribution in [0.2, 0.25) is 0 Å². The summed E-state index contributed by atoms with van der Waals surface area (Å²) in [6.07, 6.45) is 0.146. The van der Waals surface area contributed by atoms with Crippen molar-refractivity contribution >= 4 is 11.8 Å². The summed E-state index contributed by atoms with van der Waals surface area (Å²) >= 11 is 0. The quantitative estimate of drug-likeness (QED) is 0.792. The Bertz CT molecular complexity index is 747. The van der Waals surface area contributed by atoms with Gasteiger partial charge < -0.3 is 0 Å². The molecule has 2 aromatic rings. The SMILES string of the molecule is N#CC(c1ccccc1)N1C(=O)Cc2ccccc2C1=O. The molecular formula is C17H12N2O2. The summed E-state index contributed by atoms with van der Waals surface area (Å²) in [5.41, 5.74) is 1.85. The van der Waals surface area contributed by atoms with Crippen LogP contribution in [0.1, 0.15) is 27.5 Å². The van der Waals surface area contributed by atoms with E-state index in [9.17, 15) is 14.9 Å². The summed E-state index contributed by atoms with van der Waals surface area (Å²) in [5, 5.41) is 9.42. The van der Waals surface area contributed by atoms with E-state index in [4.69, 9.17) is 0 Å². The molecule has 4 heteroatoms. The third kappa shape index (κ3) is 2.19. The van der Waals surface area contributed by atoms with Gasteiger partial charge in [0.15, 0.2) is 6.04 Å². The first-order valence-corrected chi connectivity index (χ1v) is 6.61. The molecule has 102 valence electrons.